The average molecular weight is 372 g/mol. The topological polar surface area (TPSA) is 86.5 Å². The van der Waals surface area contributed by atoms with Gasteiger partial charge in [0.25, 0.3) is 0 Å². The lowest BCUT2D eigenvalue weighted by molar-refractivity contribution is 0.0914. The highest BCUT2D eigenvalue weighted by Crippen LogP contribution is 2.32. The maximum Gasteiger partial charge on any atom is 0.309 e. The minimum absolute atomic E-state index is 0.0900. The van der Waals surface area contributed by atoms with Crippen molar-refractivity contribution in [1.29, 1.82) is 0 Å². The van der Waals surface area contributed by atoms with E-state index in [1.165, 1.54) is 0 Å². The van der Waals surface area contributed by atoms with Crippen LogP contribution < -0.4 is 14.8 Å². The minimum Gasteiger partial charge on any atom is -0.454 e. The highest BCUT2D eigenvalue weighted by molar-refractivity contribution is 6.31. The molecule has 0 fully saturated rings. The molecular formula is C18H14ClN3O4. The summed E-state index contributed by atoms with van der Waals surface area (Å²) >= 11 is 6.11. The Morgan fingerprint density at radius 1 is 1.12 bits per heavy atom. The zero-order valence-electron chi connectivity index (χ0n) is 13.6. The van der Waals surface area contributed by atoms with E-state index in [0.717, 1.165) is 11.1 Å². The van der Waals surface area contributed by atoms with Crippen LogP contribution in [0, 0.1) is 0 Å². The molecule has 8 heteroatoms. The van der Waals surface area contributed by atoms with Gasteiger partial charge < -0.3 is 19.2 Å². The predicted molar refractivity (Wildman–Crippen MR) is 92.3 cm³/mol. The second-order valence-corrected chi connectivity index (χ2v) is 6.05. The van der Waals surface area contributed by atoms with Crippen LogP contribution in [-0.2, 0) is 13.0 Å². The van der Waals surface area contributed by atoms with Gasteiger partial charge in [0.1, 0.15) is 0 Å². The molecule has 0 unspecified atom stereocenters. The predicted octanol–water partition coefficient (Wildman–Crippen LogP) is 2.97. The van der Waals surface area contributed by atoms with Gasteiger partial charge in [0.15, 0.2) is 11.5 Å². The summed E-state index contributed by atoms with van der Waals surface area (Å²) in [6, 6.07) is 12.8. The lowest BCUT2D eigenvalue weighted by Gasteiger charge is -2.04. The van der Waals surface area contributed by atoms with Crippen molar-refractivity contribution in [1.82, 2.24) is 15.5 Å². The van der Waals surface area contributed by atoms with E-state index in [0.29, 0.717) is 35.4 Å². The molecule has 7 nitrogen and oxygen atoms in total. The minimum atomic E-state index is -0.444. The monoisotopic (exact) mass is 371 g/mol. The van der Waals surface area contributed by atoms with Gasteiger partial charge in [-0.15, -0.1) is 10.2 Å². The van der Waals surface area contributed by atoms with Gasteiger partial charge in [-0.25, -0.2) is 0 Å². The number of amides is 1. The fourth-order valence-corrected chi connectivity index (χ4v) is 2.73. The molecule has 0 aliphatic carbocycles. The maximum atomic E-state index is 12.2. The first kappa shape index (κ1) is 16.4. The van der Waals surface area contributed by atoms with Gasteiger partial charge in [-0.2, -0.15) is 0 Å². The normalized spacial score (nSPS) is 12.2. The molecule has 1 aromatic heterocycles. The first-order valence-electron chi connectivity index (χ1n) is 7.91. The Kier molecular flexibility index (Phi) is 4.45. The molecular weight excluding hydrogens is 358 g/mol. The number of hydrogen-bond donors (Lipinski definition) is 1. The van der Waals surface area contributed by atoms with Gasteiger partial charge in [0, 0.05) is 11.6 Å². The summed E-state index contributed by atoms with van der Waals surface area (Å²) in [6.07, 6.45) is 0.363. The highest BCUT2D eigenvalue weighted by atomic mass is 35.5. The van der Waals surface area contributed by atoms with Crippen LogP contribution in [0.3, 0.4) is 0 Å². The molecule has 3 aromatic rings. The number of aromatic nitrogens is 2. The lowest BCUT2D eigenvalue weighted by Crippen LogP contribution is -2.23. The first-order valence-corrected chi connectivity index (χ1v) is 8.29. The van der Waals surface area contributed by atoms with Gasteiger partial charge in [-0.1, -0.05) is 35.9 Å². The quantitative estimate of drug-likeness (QED) is 0.742. The number of rotatable bonds is 5. The van der Waals surface area contributed by atoms with E-state index < -0.39 is 5.91 Å². The number of nitrogens with one attached hydrogen (secondary N) is 1. The number of benzene rings is 2. The Hall–Kier alpha value is -3.06. The molecule has 0 spiro atoms. The maximum absolute atomic E-state index is 12.2. The molecule has 1 N–H and O–H groups in total. The molecule has 0 radical (unpaired) electrons. The van der Waals surface area contributed by atoms with E-state index in [1.54, 1.807) is 12.1 Å². The van der Waals surface area contributed by atoms with Crippen molar-refractivity contribution < 1.29 is 18.7 Å². The zero-order valence-corrected chi connectivity index (χ0v) is 14.3. The SMILES string of the molecule is O=C(NCc1ccc2c(c1)OCO2)c1nnc(Cc2ccccc2Cl)o1. The molecule has 132 valence electrons. The Balaban J connectivity index is 1.38. The fourth-order valence-electron chi connectivity index (χ4n) is 2.53. The summed E-state index contributed by atoms with van der Waals surface area (Å²) in [5, 5.41) is 11.0. The van der Waals surface area contributed by atoms with E-state index in [9.17, 15) is 4.79 Å². The van der Waals surface area contributed by atoms with Crippen LogP contribution in [0.4, 0.5) is 0 Å². The summed E-state index contributed by atoms with van der Waals surface area (Å²) in [5.41, 5.74) is 1.73. The van der Waals surface area contributed by atoms with Crippen molar-refractivity contribution in [3.63, 3.8) is 0 Å². The van der Waals surface area contributed by atoms with Crippen molar-refractivity contribution in [3.8, 4) is 11.5 Å². The third kappa shape index (κ3) is 3.48. The third-order valence-electron chi connectivity index (χ3n) is 3.85. The Labute approximate surface area is 153 Å². The summed E-state index contributed by atoms with van der Waals surface area (Å²) in [4.78, 5) is 12.2. The number of hydrogen-bond acceptors (Lipinski definition) is 6. The summed E-state index contributed by atoms with van der Waals surface area (Å²) in [6.45, 7) is 0.513. The number of fused-ring (bicyclic) bond motifs is 1. The molecule has 1 aliphatic heterocycles. The van der Waals surface area contributed by atoms with Crippen LogP contribution in [0.15, 0.2) is 46.9 Å². The Bertz CT molecular complexity index is 957. The summed E-state index contributed by atoms with van der Waals surface area (Å²) < 4.78 is 16.0. The standard InChI is InChI=1S/C18H14ClN3O4/c19-13-4-2-1-3-12(13)8-16-21-22-18(26-16)17(23)20-9-11-5-6-14-15(7-11)25-10-24-14/h1-7H,8-10H2,(H,20,23). The van der Waals surface area contributed by atoms with Gasteiger partial charge in [0.2, 0.25) is 12.7 Å². The van der Waals surface area contributed by atoms with Crippen LogP contribution in [0.2, 0.25) is 5.02 Å². The molecule has 0 saturated heterocycles. The highest BCUT2D eigenvalue weighted by Gasteiger charge is 2.17. The van der Waals surface area contributed by atoms with E-state index in [4.69, 9.17) is 25.5 Å². The Morgan fingerprint density at radius 3 is 2.85 bits per heavy atom. The van der Waals surface area contributed by atoms with Gasteiger partial charge in [0.05, 0.1) is 6.42 Å². The lowest BCUT2D eigenvalue weighted by atomic mass is 10.1. The molecule has 0 atom stereocenters. The van der Waals surface area contributed by atoms with E-state index in [2.05, 4.69) is 15.5 Å². The number of carbonyl (C=O) groups is 1. The summed E-state index contributed by atoms with van der Waals surface area (Å²) in [7, 11) is 0. The molecule has 2 heterocycles. The van der Waals surface area contributed by atoms with Crippen LogP contribution in [0.5, 0.6) is 11.5 Å². The van der Waals surface area contributed by atoms with Crippen molar-refractivity contribution in [2.75, 3.05) is 6.79 Å². The molecule has 1 aliphatic rings. The molecule has 26 heavy (non-hydrogen) atoms. The van der Waals surface area contributed by atoms with E-state index in [1.807, 2.05) is 30.3 Å². The zero-order chi connectivity index (χ0) is 17.9. The van der Waals surface area contributed by atoms with Crippen molar-refractivity contribution in [2.45, 2.75) is 13.0 Å². The number of nitrogens with zero attached hydrogens (tertiary/aromatic N) is 2. The van der Waals surface area contributed by atoms with E-state index >= 15 is 0 Å². The van der Waals surface area contributed by atoms with Crippen molar-refractivity contribution in [3.05, 3.63) is 70.4 Å². The van der Waals surface area contributed by atoms with Crippen LogP contribution in [0.1, 0.15) is 27.7 Å². The summed E-state index contributed by atoms with van der Waals surface area (Å²) in [5.74, 6) is 1.15. The average Bonchev–Trinajstić information content (AvgIpc) is 3.30. The second-order valence-electron chi connectivity index (χ2n) is 5.64. The largest absolute Gasteiger partial charge is 0.454 e. The number of ether oxygens (including phenoxy) is 2. The fraction of sp³-hybridized carbons (Fsp3) is 0.167. The molecule has 1 amide bonds. The number of halogens is 1. The second kappa shape index (κ2) is 7.05. The first-order chi connectivity index (χ1) is 12.7. The van der Waals surface area contributed by atoms with E-state index in [-0.39, 0.29) is 12.7 Å². The smallest absolute Gasteiger partial charge is 0.309 e. The van der Waals surface area contributed by atoms with Crippen molar-refractivity contribution >= 4 is 17.5 Å². The van der Waals surface area contributed by atoms with Crippen molar-refractivity contribution in [2.24, 2.45) is 0 Å². The molecule has 0 saturated carbocycles. The molecule has 4 rings (SSSR count). The van der Waals surface area contributed by atoms with Crippen LogP contribution in [-0.4, -0.2) is 22.9 Å². The Morgan fingerprint density at radius 2 is 1.96 bits per heavy atom. The van der Waals surface area contributed by atoms with Crippen LogP contribution in [0.25, 0.3) is 0 Å². The van der Waals surface area contributed by atoms with Gasteiger partial charge in [-0.3, -0.25) is 4.79 Å². The van der Waals surface area contributed by atoms with Gasteiger partial charge in [-0.05, 0) is 29.3 Å². The van der Waals surface area contributed by atoms with Crippen LogP contribution >= 0.6 is 11.6 Å². The van der Waals surface area contributed by atoms with Gasteiger partial charge >= 0.3 is 11.8 Å². The third-order valence-corrected chi connectivity index (χ3v) is 4.22. The molecule has 2 aromatic carbocycles. The number of carbonyl (C=O) groups excluding carboxylic acids is 1. The molecule has 0 bridgehead atoms.